The minimum absolute atomic E-state index is 0.0361. The highest BCUT2D eigenvalue weighted by Gasteiger charge is 2.35. The average Bonchev–Trinajstić information content (AvgIpc) is 3.05. The zero-order valence-corrected chi connectivity index (χ0v) is 14.0. The number of carbonyl (C=O) groups is 1. The molecule has 4 atom stereocenters. The molecule has 1 aromatic rings. The van der Waals surface area contributed by atoms with Crippen LogP contribution in [0.1, 0.15) is 49.3 Å². The van der Waals surface area contributed by atoms with E-state index >= 15 is 0 Å². The Kier molecular flexibility index (Phi) is 5.34. The van der Waals surface area contributed by atoms with E-state index in [1.54, 1.807) is 0 Å². The summed E-state index contributed by atoms with van der Waals surface area (Å²) in [5.74, 6) is 0.600. The van der Waals surface area contributed by atoms with Crippen LogP contribution in [0.3, 0.4) is 0 Å². The van der Waals surface area contributed by atoms with Gasteiger partial charge in [-0.15, -0.1) is 0 Å². The second-order valence-corrected chi connectivity index (χ2v) is 6.99. The second kappa shape index (κ2) is 7.45. The van der Waals surface area contributed by atoms with Crippen molar-refractivity contribution < 1.29 is 9.53 Å². The first-order valence-electron chi connectivity index (χ1n) is 8.87. The van der Waals surface area contributed by atoms with Gasteiger partial charge in [-0.3, -0.25) is 4.79 Å². The van der Waals surface area contributed by atoms with Crippen molar-refractivity contribution in [3.05, 3.63) is 35.4 Å². The van der Waals surface area contributed by atoms with Crippen molar-refractivity contribution in [3.63, 3.8) is 0 Å². The summed E-state index contributed by atoms with van der Waals surface area (Å²) < 4.78 is 5.99. The molecule has 1 amide bonds. The van der Waals surface area contributed by atoms with Gasteiger partial charge in [-0.1, -0.05) is 36.2 Å². The summed E-state index contributed by atoms with van der Waals surface area (Å²) in [4.78, 5) is 12.7. The van der Waals surface area contributed by atoms with E-state index in [2.05, 4.69) is 36.5 Å². The van der Waals surface area contributed by atoms with Gasteiger partial charge in [0.1, 0.15) is 6.10 Å². The fraction of sp³-hybridized carbons (Fsp3) is 0.632. The number of amides is 1. The van der Waals surface area contributed by atoms with E-state index in [9.17, 15) is 4.79 Å². The van der Waals surface area contributed by atoms with Crippen molar-refractivity contribution in [1.29, 1.82) is 0 Å². The van der Waals surface area contributed by atoms with Gasteiger partial charge in [0.2, 0.25) is 5.91 Å². The number of benzene rings is 1. The Morgan fingerprint density at radius 1 is 1.22 bits per heavy atom. The van der Waals surface area contributed by atoms with Crippen LogP contribution in [-0.4, -0.2) is 25.1 Å². The van der Waals surface area contributed by atoms with Gasteiger partial charge in [0.05, 0.1) is 6.04 Å². The van der Waals surface area contributed by atoms with E-state index < -0.39 is 0 Å². The molecule has 1 aliphatic heterocycles. The number of hydrogen-bond donors (Lipinski definition) is 2. The summed E-state index contributed by atoms with van der Waals surface area (Å²) in [5.41, 5.74) is 8.22. The lowest BCUT2D eigenvalue weighted by Gasteiger charge is -2.34. The molecule has 1 saturated carbocycles. The maximum absolute atomic E-state index is 12.7. The minimum Gasteiger partial charge on any atom is -0.371 e. The first-order valence-corrected chi connectivity index (χ1v) is 8.87. The second-order valence-electron chi connectivity index (χ2n) is 6.99. The quantitative estimate of drug-likeness (QED) is 0.897. The molecule has 1 aromatic carbocycles. The summed E-state index contributed by atoms with van der Waals surface area (Å²) in [6.07, 6.45) is 5.10. The maximum Gasteiger partial charge on any atom is 0.223 e. The molecule has 0 radical (unpaired) electrons. The Morgan fingerprint density at radius 3 is 2.74 bits per heavy atom. The molecule has 0 bridgehead atoms. The zero-order valence-electron chi connectivity index (χ0n) is 14.0. The van der Waals surface area contributed by atoms with Crippen molar-refractivity contribution in [2.24, 2.45) is 17.6 Å². The summed E-state index contributed by atoms with van der Waals surface area (Å²) in [6.45, 7) is 3.46. The molecule has 23 heavy (non-hydrogen) atoms. The largest absolute Gasteiger partial charge is 0.371 e. The molecule has 0 spiro atoms. The number of aryl methyl sites for hydroxylation is 1. The van der Waals surface area contributed by atoms with Gasteiger partial charge < -0.3 is 15.8 Å². The molecule has 1 heterocycles. The van der Waals surface area contributed by atoms with Crippen LogP contribution in [0.2, 0.25) is 0 Å². The Bertz CT molecular complexity index is 529. The SMILES string of the molecule is Cc1ccc(C2OCCCC2NC(=O)[C@@H]2CCC[C@@H]2CN)cc1. The molecular formula is C19H28N2O2. The average molecular weight is 316 g/mol. The normalized spacial score (nSPS) is 31.0. The topological polar surface area (TPSA) is 64.3 Å². The first kappa shape index (κ1) is 16.5. The van der Waals surface area contributed by atoms with Gasteiger partial charge in [-0.2, -0.15) is 0 Å². The lowest BCUT2D eigenvalue weighted by atomic mass is 9.92. The van der Waals surface area contributed by atoms with E-state index in [0.717, 1.165) is 44.3 Å². The third kappa shape index (κ3) is 3.75. The van der Waals surface area contributed by atoms with Crippen LogP contribution in [-0.2, 0) is 9.53 Å². The first-order chi connectivity index (χ1) is 11.2. The highest BCUT2D eigenvalue weighted by atomic mass is 16.5. The third-order valence-electron chi connectivity index (χ3n) is 5.35. The van der Waals surface area contributed by atoms with Gasteiger partial charge in [-0.05, 0) is 50.6 Å². The van der Waals surface area contributed by atoms with Crippen LogP contribution in [0.25, 0.3) is 0 Å². The summed E-state index contributed by atoms with van der Waals surface area (Å²) in [6, 6.07) is 8.50. The van der Waals surface area contributed by atoms with Crippen LogP contribution < -0.4 is 11.1 Å². The van der Waals surface area contributed by atoms with Crippen LogP contribution in [0.5, 0.6) is 0 Å². The van der Waals surface area contributed by atoms with Gasteiger partial charge in [0, 0.05) is 12.5 Å². The fourth-order valence-corrected chi connectivity index (χ4v) is 3.97. The van der Waals surface area contributed by atoms with Gasteiger partial charge in [0.25, 0.3) is 0 Å². The number of nitrogens with one attached hydrogen (secondary N) is 1. The molecule has 3 rings (SSSR count). The number of nitrogens with two attached hydrogens (primary N) is 1. The smallest absolute Gasteiger partial charge is 0.223 e. The predicted octanol–water partition coefficient (Wildman–Crippen LogP) is 2.71. The molecule has 3 N–H and O–H groups in total. The van der Waals surface area contributed by atoms with Gasteiger partial charge >= 0.3 is 0 Å². The van der Waals surface area contributed by atoms with E-state index in [1.165, 1.54) is 5.56 Å². The summed E-state index contributed by atoms with van der Waals surface area (Å²) >= 11 is 0. The van der Waals surface area contributed by atoms with E-state index in [-0.39, 0.29) is 24.0 Å². The van der Waals surface area contributed by atoms with E-state index in [4.69, 9.17) is 10.5 Å². The summed E-state index contributed by atoms with van der Waals surface area (Å²) in [5, 5.41) is 3.27. The molecule has 2 unspecified atom stereocenters. The molecule has 0 aromatic heterocycles. The Balaban J connectivity index is 1.69. The Labute approximate surface area is 138 Å². The zero-order chi connectivity index (χ0) is 16.2. The molecule has 1 saturated heterocycles. The monoisotopic (exact) mass is 316 g/mol. The van der Waals surface area contributed by atoms with Crippen LogP contribution in [0.4, 0.5) is 0 Å². The van der Waals surface area contributed by atoms with Crippen molar-refractivity contribution in [3.8, 4) is 0 Å². The number of hydrogen-bond acceptors (Lipinski definition) is 3. The molecule has 4 heteroatoms. The lowest BCUT2D eigenvalue weighted by molar-refractivity contribution is -0.129. The molecule has 1 aliphatic carbocycles. The van der Waals surface area contributed by atoms with Gasteiger partial charge in [0.15, 0.2) is 0 Å². The lowest BCUT2D eigenvalue weighted by Crippen LogP contribution is -2.46. The number of rotatable bonds is 4. The Hall–Kier alpha value is -1.39. The van der Waals surface area contributed by atoms with Crippen molar-refractivity contribution >= 4 is 5.91 Å². The third-order valence-corrected chi connectivity index (χ3v) is 5.35. The summed E-state index contributed by atoms with van der Waals surface area (Å²) in [7, 11) is 0. The highest BCUT2D eigenvalue weighted by Crippen LogP contribution is 2.33. The van der Waals surface area contributed by atoms with E-state index in [0.29, 0.717) is 12.5 Å². The Morgan fingerprint density at radius 2 is 2.00 bits per heavy atom. The van der Waals surface area contributed by atoms with Crippen LogP contribution in [0, 0.1) is 18.8 Å². The fourth-order valence-electron chi connectivity index (χ4n) is 3.97. The predicted molar refractivity (Wildman–Crippen MR) is 90.9 cm³/mol. The number of ether oxygens (including phenoxy) is 1. The molecular weight excluding hydrogens is 288 g/mol. The highest BCUT2D eigenvalue weighted by molar-refractivity contribution is 5.79. The molecule has 4 nitrogen and oxygen atoms in total. The molecule has 2 aliphatic rings. The van der Waals surface area contributed by atoms with Crippen molar-refractivity contribution in [2.75, 3.05) is 13.2 Å². The van der Waals surface area contributed by atoms with Crippen LogP contribution >= 0.6 is 0 Å². The van der Waals surface area contributed by atoms with Crippen LogP contribution in [0.15, 0.2) is 24.3 Å². The molecule has 126 valence electrons. The van der Waals surface area contributed by atoms with Gasteiger partial charge in [-0.25, -0.2) is 0 Å². The molecule has 2 fully saturated rings. The minimum atomic E-state index is -0.0361. The van der Waals surface area contributed by atoms with E-state index in [1.807, 2.05) is 0 Å². The van der Waals surface area contributed by atoms with Crippen molar-refractivity contribution in [2.45, 2.75) is 51.2 Å². The standard InChI is InChI=1S/C19H28N2O2/c1-13-7-9-14(10-8-13)18-17(6-3-11-23-18)21-19(22)16-5-2-4-15(16)12-20/h7-10,15-18H,2-6,11-12,20H2,1H3,(H,21,22)/t15-,16-,17?,18?/m1/s1. The van der Waals surface area contributed by atoms with Crippen molar-refractivity contribution in [1.82, 2.24) is 5.32 Å². The number of carbonyl (C=O) groups excluding carboxylic acids is 1. The maximum atomic E-state index is 12.7.